The third-order valence-electron chi connectivity index (χ3n) is 4.23. The Morgan fingerprint density at radius 3 is 1.48 bits per heavy atom. The Hall–Kier alpha value is -4.67. The number of carbonyl (C=O) groups is 5. The molecule has 0 aliphatic rings. The van der Waals surface area contributed by atoms with Crippen LogP contribution in [0.2, 0.25) is 0 Å². The minimum Gasteiger partial charge on any atom is -0.480 e. The van der Waals surface area contributed by atoms with Crippen molar-refractivity contribution in [3.8, 4) is 0 Å². The minimum absolute atomic E-state index is 0.120. The van der Waals surface area contributed by atoms with Crippen LogP contribution in [0.5, 0.6) is 0 Å². The Morgan fingerprint density at radius 1 is 0.750 bits per heavy atom. The van der Waals surface area contributed by atoms with Gasteiger partial charge in [0.15, 0.2) is 0 Å². The van der Waals surface area contributed by atoms with Gasteiger partial charge in [-0.05, 0) is 62.3 Å². The van der Waals surface area contributed by atoms with Gasteiger partial charge in [0, 0.05) is 36.6 Å². The van der Waals surface area contributed by atoms with Crippen molar-refractivity contribution in [1.29, 1.82) is 0 Å². The molecule has 0 aliphatic carbocycles. The number of nitrogens with one attached hydrogen (secondary N) is 3. The lowest BCUT2D eigenvalue weighted by Crippen LogP contribution is -2.44. The second-order valence-corrected chi connectivity index (χ2v) is 12.1. The molecule has 0 fully saturated rings. The van der Waals surface area contributed by atoms with Crippen LogP contribution in [-0.2, 0) is 41.4 Å². The number of aliphatic carboxylic acids is 2. The first kappa shape index (κ1) is 39.3. The normalized spacial score (nSPS) is 12.5. The molecule has 2 rings (SSSR count). The largest absolute Gasteiger partial charge is 0.519 e. The Bertz CT molecular complexity index is 1150. The molecular formula is C27H44N6O11. The van der Waals surface area contributed by atoms with E-state index in [2.05, 4.69) is 30.0 Å². The molecule has 2 atom stereocenters. The molecular weight excluding hydrogens is 584 g/mol. The van der Waals surface area contributed by atoms with E-state index in [-0.39, 0.29) is 12.8 Å². The van der Waals surface area contributed by atoms with Crippen LogP contribution < -0.4 is 11.1 Å². The summed E-state index contributed by atoms with van der Waals surface area (Å²) in [7, 11) is 0. The van der Waals surface area contributed by atoms with Crippen molar-refractivity contribution in [3.63, 3.8) is 0 Å². The molecule has 17 heteroatoms. The van der Waals surface area contributed by atoms with Gasteiger partial charge in [0.05, 0.1) is 12.7 Å². The lowest BCUT2D eigenvalue weighted by molar-refractivity contribution is -0.140. The molecule has 0 spiro atoms. The highest BCUT2D eigenvalue weighted by atomic mass is 16.8. The summed E-state index contributed by atoms with van der Waals surface area (Å²) in [4.78, 5) is 67.8. The van der Waals surface area contributed by atoms with Crippen LogP contribution in [0.25, 0.3) is 0 Å². The van der Waals surface area contributed by atoms with E-state index < -0.39 is 59.2 Å². The number of aromatic amines is 2. The Kier molecular flexibility index (Phi) is 15.6. The number of hydrogen-bond donors (Lipinski definition) is 6. The van der Waals surface area contributed by atoms with Gasteiger partial charge in [-0.2, -0.15) is 0 Å². The molecule has 0 saturated carbocycles. The highest BCUT2D eigenvalue weighted by Crippen LogP contribution is 2.12. The monoisotopic (exact) mass is 628 g/mol. The number of hydrogen-bond acceptors (Lipinski definition) is 12. The quantitative estimate of drug-likeness (QED) is 0.146. The molecule has 2 heterocycles. The third-order valence-corrected chi connectivity index (χ3v) is 4.23. The van der Waals surface area contributed by atoms with Crippen LogP contribution in [0.3, 0.4) is 0 Å². The molecule has 248 valence electrons. The molecule has 2 aromatic heterocycles. The first-order valence-electron chi connectivity index (χ1n) is 13.3. The number of alkyl carbamates (subject to hydrolysis) is 1. The van der Waals surface area contributed by atoms with Gasteiger partial charge in [0.1, 0.15) is 28.9 Å². The van der Waals surface area contributed by atoms with Crippen LogP contribution in [0.4, 0.5) is 14.4 Å². The number of ether oxygens (including phenoxy) is 4. The summed E-state index contributed by atoms with van der Waals surface area (Å²) in [5, 5.41) is 19.7. The maximum atomic E-state index is 11.5. The predicted octanol–water partition coefficient (Wildman–Crippen LogP) is 3.17. The second kappa shape index (κ2) is 17.4. The van der Waals surface area contributed by atoms with Gasteiger partial charge in [0.25, 0.3) is 0 Å². The first-order chi connectivity index (χ1) is 20.0. The van der Waals surface area contributed by atoms with Crippen molar-refractivity contribution in [2.24, 2.45) is 5.73 Å². The summed E-state index contributed by atoms with van der Waals surface area (Å²) < 4.78 is 18.8. The Balaban J connectivity index is 0.000000649. The maximum absolute atomic E-state index is 11.5. The zero-order valence-corrected chi connectivity index (χ0v) is 26.4. The first-order valence-corrected chi connectivity index (χ1v) is 13.3. The van der Waals surface area contributed by atoms with E-state index in [1.54, 1.807) is 68.5 Å². The molecule has 0 radical (unpaired) electrons. The molecule has 0 aliphatic heterocycles. The van der Waals surface area contributed by atoms with E-state index in [4.69, 9.17) is 30.2 Å². The van der Waals surface area contributed by atoms with E-state index in [9.17, 15) is 24.0 Å². The van der Waals surface area contributed by atoms with E-state index in [1.165, 1.54) is 18.9 Å². The summed E-state index contributed by atoms with van der Waals surface area (Å²) in [6, 6.07) is -1.91. The fourth-order valence-corrected chi connectivity index (χ4v) is 2.60. The molecule has 0 unspecified atom stereocenters. The topological polar surface area (TPSA) is 258 Å². The Labute approximate surface area is 255 Å². The number of rotatable bonds is 7. The number of H-pyrrole nitrogens is 2. The molecule has 0 saturated heterocycles. The lowest BCUT2D eigenvalue weighted by atomic mass is 10.1. The van der Waals surface area contributed by atoms with Crippen LogP contribution in [0.15, 0.2) is 25.0 Å². The average Bonchev–Trinajstić information content (AvgIpc) is 3.49. The third kappa shape index (κ3) is 21.1. The highest BCUT2D eigenvalue weighted by molar-refractivity contribution is 5.80. The highest BCUT2D eigenvalue weighted by Gasteiger charge is 2.25. The van der Waals surface area contributed by atoms with Gasteiger partial charge in [-0.3, -0.25) is 4.79 Å². The SMILES string of the molecule is CC(C)(C)OC(=O)N[C@@H](Cc1cnc[nH]1)C(=O)O.CC(C)(C)OC(=O)OC(=O)OC(C)(C)C.N[C@@H](Cc1cnc[nH]1)C(=O)O. The van der Waals surface area contributed by atoms with E-state index in [0.717, 1.165) is 5.69 Å². The van der Waals surface area contributed by atoms with Gasteiger partial charge in [0.2, 0.25) is 0 Å². The summed E-state index contributed by atoms with van der Waals surface area (Å²) in [6.07, 6.45) is 3.54. The zero-order chi connectivity index (χ0) is 34.3. The van der Waals surface area contributed by atoms with Crippen LogP contribution in [0.1, 0.15) is 73.7 Å². The number of imidazole rings is 2. The minimum atomic E-state index is -1.13. The van der Waals surface area contributed by atoms with Crippen molar-refractivity contribution in [3.05, 3.63) is 36.4 Å². The van der Waals surface area contributed by atoms with Crippen molar-refractivity contribution < 1.29 is 53.1 Å². The molecule has 7 N–H and O–H groups in total. The summed E-state index contributed by atoms with van der Waals surface area (Å²) in [6.45, 7) is 15.1. The summed E-state index contributed by atoms with van der Waals surface area (Å²) in [5.74, 6) is -2.13. The molecule has 0 aromatic carbocycles. The number of aromatic nitrogens is 4. The predicted molar refractivity (Wildman–Crippen MR) is 155 cm³/mol. The number of carboxylic acid groups (broad SMARTS) is 2. The maximum Gasteiger partial charge on any atom is 0.519 e. The van der Waals surface area contributed by atoms with Gasteiger partial charge < -0.3 is 50.2 Å². The fraction of sp³-hybridized carbons (Fsp3) is 0.593. The Morgan fingerprint density at radius 2 is 1.16 bits per heavy atom. The molecule has 2 aromatic rings. The lowest BCUT2D eigenvalue weighted by Gasteiger charge is -2.21. The summed E-state index contributed by atoms with van der Waals surface area (Å²) in [5.41, 5.74) is 4.56. The van der Waals surface area contributed by atoms with E-state index >= 15 is 0 Å². The second-order valence-electron chi connectivity index (χ2n) is 12.1. The van der Waals surface area contributed by atoms with Crippen molar-refractivity contribution >= 4 is 30.3 Å². The number of nitrogens with two attached hydrogens (primary N) is 1. The molecule has 0 bridgehead atoms. The summed E-state index contributed by atoms with van der Waals surface area (Å²) >= 11 is 0. The standard InChI is InChI=1S/C11H17N3O4.C10H18O5.C6H9N3O2/c1-11(2,3)18-10(17)14-8(9(15)16)4-7-5-12-6-13-7;1-9(2,3)14-7(11)13-8(12)15-10(4,5)6;7-5(6(10)11)1-4-2-8-3-9-4/h5-6,8H,4H2,1-3H3,(H,12,13)(H,14,17)(H,15,16);1-6H3;2-3,5H,1,7H2,(H,8,9)(H,10,11)/t8-;;5-/m0.0/s1. The average molecular weight is 629 g/mol. The van der Waals surface area contributed by atoms with Crippen molar-refractivity contribution in [2.75, 3.05) is 0 Å². The van der Waals surface area contributed by atoms with Gasteiger partial charge in [-0.1, -0.05) is 0 Å². The van der Waals surface area contributed by atoms with Crippen molar-refractivity contribution in [1.82, 2.24) is 25.3 Å². The van der Waals surface area contributed by atoms with Crippen molar-refractivity contribution in [2.45, 2.75) is 104 Å². The number of nitrogens with zero attached hydrogens (tertiary/aromatic N) is 2. The molecule has 44 heavy (non-hydrogen) atoms. The van der Waals surface area contributed by atoms with Gasteiger partial charge in [-0.25, -0.2) is 29.1 Å². The van der Waals surface area contributed by atoms with Crippen LogP contribution in [0, 0.1) is 0 Å². The van der Waals surface area contributed by atoms with Crippen LogP contribution in [-0.4, -0.2) is 89.4 Å². The smallest absolute Gasteiger partial charge is 0.480 e. The molecule has 17 nitrogen and oxygen atoms in total. The van der Waals surface area contributed by atoms with E-state index in [0.29, 0.717) is 5.69 Å². The number of amides is 1. The fourth-order valence-electron chi connectivity index (χ4n) is 2.60. The number of carbonyl (C=O) groups excluding carboxylic acids is 3. The van der Waals surface area contributed by atoms with Crippen LogP contribution >= 0.6 is 0 Å². The molecule has 1 amide bonds. The zero-order valence-electron chi connectivity index (χ0n) is 26.4. The van der Waals surface area contributed by atoms with Gasteiger partial charge >= 0.3 is 30.3 Å². The van der Waals surface area contributed by atoms with Gasteiger partial charge in [-0.15, -0.1) is 0 Å². The number of carboxylic acids is 2. The van der Waals surface area contributed by atoms with E-state index in [1.807, 2.05) is 0 Å².